The summed E-state index contributed by atoms with van der Waals surface area (Å²) >= 11 is 0. The van der Waals surface area contributed by atoms with E-state index in [4.69, 9.17) is 9.84 Å². The molecular weight excluding hydrogens is 234 g/mol. The van der Waals surface area contributed by atoms with Gasteiger partial charge in [-0.25, -0.2) is 14.8 Å². The lowest BCUT2D eigenvalue weighted by Gasteiger charge is -2.32. The van der Waals surface area contributed by atoms with E-state index in [2.05, 4.69) is 9.97 Å². The van der Waals surface area contributed by atoms with Crippen LogP contribution >= 0.6 is 0 Å². The van der Waals surface area contributed by atoms with E-state index in [1.807, 2.05) is 6.92 Å². The lowest BCUT2D eigenvalue weighted by atomic mass is 10.0. The van der Waals surface area contributed by atoms with E-state index < -0.39 is 11.5 Å². The smallest absolute Gasteiger partial charge is 0.328 e. The molecule has 0 atom stereocenters. The van der Waals surface area contributed by atoms with Crippen LogP contribution in [0.15, 0.2) is 12.4 Å². The molecule has 0 saturated carbocycles. The first kappa shape index (κ1) is 14.2. The first-order valence-corrected chi connectivity index (χ1v) is 5.81. The summed E-state index contributed by atoms with van der Waals surface area (Å²) in [7, 11) is 1.68. The quantitative estimate of drug-likeness (QED) is 0.829. The van der Waals surface area contributed by atoms with Crippen LogP contribution in [0.4, 0.5) is 5.82 Å². The molecule has 1 rings (SSSR count). The number of carbonyl (C=O) groups is 1. The first-order valence-electron chi connectivity index (χ1n) is 5.81. The van der Waals surface area contributed by atoms with Gasteiger partial charge in [-0.15, -0.1) is 0 Å². The summed E-state index contributed by atoms with van der Waals surface area (Å²) in [6.07, 6.45) is 2.25. The lowest BCUT2D eigenvalue weighted by molar-refractivity contribution is -0.142. The van der Waals surface area contributed by atoms with Crippen LogP contribution in [0.3, 0.4) is 0 Å². The van der Waals surface area contributed by atoms with Crippen molar-refractivity contribution in [2.75, 3.05) is 18.6 Å². The molecular formula is C12H19N3O3. The average Bonchev–Trinajstić information content (AvgIpc) is 2.35. The molecule has 0 radical (unpaired) electrons. The van der Waals surface area contributed by atoms with Crippen LogP contribution in [0.5, 0.6) is 5.88 Å². The van der Waals surface area contributed by atoms with Gasteiger partial charge in [-0.1, -0.05) is 6.92 Å². The van der Waals surface area contributed by atoms with E-state index in [0.717, 1.165) is 6.42 Å². The Morgan fingerprint density at radius 2 is 2.17 bits per heavy atom. The number of aliphatic carboxylic acids is 1. The number of ether oxygens (including phenoxy) is 1. The Kier molecular flexibility index (Phi) is 4.47. The van der Waals surface area contributed by atoms with Crippen LogP contribution in [-0.4, -0.2) is 40.2 Å². The number of hydrogen-bond donors (Lipinski definition) is 1. The third-order valence-corrected chi connectivity index (χ3v) is 2.79. The van der Waals surface area contributed by atoms with Crippen molar-refractivity contribution < 1.29 is 14.6 Å². The van der Waals surface area contributed by atoms with Gasteiger partial charge in [-0.2, -0.15) is 0 Å². The highest BCUT2D eigenvalue weighted by molar-refractivity contribution is 5.81. The van der Waals surface area contributed by atoms with Gasteiger partial charge in [0.1, 0.15) is 17.7 Å². The van der Waals surface area contributed by atoms with E-state index in [0.29, 0.717) is 18.3 Å². The fraction of sp³-hybridized carbons (Fsp3) is 0.583. The molecule has 6 heteroatoms. The van der Waals surface area contributed by atoms with Gasteiger partial charge in [0, 0.05) is 13.1 Å². The van der Waals surface area contributed by atoms with Crippen LogP contribution in [0.1, 0.15) is 27.2 Å². The summed E-state index contributed by atoms with van der Waals surface area (Å²) in [5.41, 5.74) is -1.05. The molecule has 0 unspecified atom stereocenters. The lowest BCUT2D eigenvalue weighted by Crippen LogP contribution is -2.48. The Morgan fingerprint density at radius 3 is 2.72 bits per heavy atom. The van der Waals surface area contributed by atoms with Gasteiger partial charge >= 0.3 is 5.97 Å². The monoisotopic (exact) mass is 253 g/mol. The minimum atomic E-state index is -1.05. The van der Waals surface area contributed by atoms with Crippen molar-refractivity contribution in [2.24, 2.45) is 0 Å². The minimum absolute atomic E-state index is 0.454. The molecule has 6 nitrogen and oxygen atoms in total. The molecule has 0 aliphatic carbocycles. The Balaban J connectivity index is 2.92. The molecule has 0 fully saturated rings. The topological polar surface area (TPSA) is 75.5 Å². The fourth-order valence-corrected chi connectivity index (χ4v) is 1.23. The molecule has 1 heterocycles. The molecule has 1 N–H and O–H groups in total. The molecule has 1 aromatic heterocycles. The second kappa shape index (κ2) is 5.66. The van der Waals surface area contributed by atoms with Gasteiger partial charge in [-0.3, -0.25) is 0 Å². The number of nitrogens with zero attached hydrogens (tertiary/aromatic N) is 3. The molecule has 1 aromatic rings. The van der Waals surface area contributed by atoms with Gasteiger partial charge in [0.05, 0.1) is 6.61 Å². The molecule has 0 aliphatic rings. The van der Waals surface area contributed by atoms with Crippen molar-refractivity contribution in [1.82, 2.24) is 9.97 Å². The highest BCUT2D eigenvalue weighted by atomic mass is 16.5. The molecule has 100 valence electrons. The average molecular weight is 253 g/mol. The number of carboxylic acids is 1. The van der Waals surface area contributed by atoms with Gasteiger partial charge in [-0.05, 0) is 20.3 Å². The summed E-state index contributed by atoms with van der Waals surface area (Å²) in [5, 5.41) is 9.17. The largest absolute Gasteiger partial charge is 0.480 e. The fourth-order valence-electron chi connectivity index (χ4n) is 1.23. The van der Waals surface area contributed by atoms with Crippen LogP contribution in [0.2, 0.25) is 0 Å². The van der Waals surface area contributed by atoms with E-state index in [1.54, 1.807) is 31.9 Å². The molecule has 18 heavy (non-hydrogen) atoms. The van der Waals surface area contributed by atoms with E-state index >= 15 is 0 Å². The molecule has 0 spiro atoms. The second-order valence-corrected chi connectivity index (χ2v) is 4.49. The van der Waals surface area contributed by atoms with Crippen molar-refractivity contribution in [2.45, 2.75) is 32.7 Å². The highest BCUT2D eigenvalue weighted by Gasteiger charge is 2.33. The third-order valence-electron chi connectivity index (χ3n) is 2.79. The predicted octanol–water partition coefficient (Wildman–Crippen LogP) is 1.56. The summed E-state index contributed by atoms with van der Waals surface area (Å²) in [4.78, 5) is 20.8. The van der Waals surface area contributed by atoms with E-state index in [1.165, 1.54) is 6.33 Å². The molecule has 0 aromatic carbocycles. The first-order chi connectivity index (χ1) is 8.39. The summed E-state index contributed by atoms with van der Waals surface area (Å²) in [6, 6.07) is 1.64. The number of carboxylic acid groups (broad SMARTS) is 1. The normalized spacial score (nSPS) is 11.1. The zero-order chi connectivity index (χ0) is 13.8. The van der Waals surface area contributed by atoms with Crippen molar-refractivity contribution in [1.29, 1.82) is 0 Å². The number of hydrogen-bond acceptors (Lipinski definition) is 5. The number of aromatic nitrogens is 2. The van der Waals surface area contributed by atoms with Gasteiger partial charge in [0.2, 0.25) is 5.88 Å². The van der Waals surface area contributed by atoms with Gasteiger partial charge in [0.25, 0.3) is 0 Å². The van der Waals surface area contributed by atoms with Crippen molar-refractivity contribution in [3.8, 4) is 5.88 Å². The van der Waals surface area contributed by atoms with E-state index in [9.17, 15) is 4.79 Å². The minimum Gasteiger partial charge on any atom is -0.480 e. The Hall–Kier alpha value is -1.85. The second-order valence-electron chi connectivity index (χ2n) is 4.49. The third kappa shape index (κ3) is 3.09. The van der Waals surface area contributed by atoms with Gasteiger partial charge < -0.3 is 14.7 Å². The van der Waals surface area contributed by atoms with Crippen LogP contribution in [0, 0.1) is 0 Å². The zero-order valence-electron chi connectivity index (χ0n) is 11.2. The Labute approximate surface area is 107 Å². The summed E-state index contributed by atoms with van der Waals surface area (Å²) in [5.74, 6) is 0.0537. The standard InChI is InChI=1S/C12H19N3O3/c1-5-6-18-10-7-9(13-8-14-10)15(4)12(2,3)11(16)17/h7-8H,5-6H2,1-4H3,(H,16,17). The zero-order valence-corrected chi connectivity index (χ0v) is 11.2. The van der Waals surface area contributed by atoms with Crippen LogP contribution in [0.25, 0.3) is 0 Å². The number of anilines is 1. The number of likely N-dealkylation sites (N-methyl/N-ethyl adjacent to an activating group) is 1. The maximum atomic E-state index is 11.2. The molecule has 0 saturated heterocycles. The molecule has 0 aliphatic heterocycles. The van der Waals surface area contributed by atoms with Crippen molar-refractivity contribution >= 4 is 11.8 Å². The summed E-state index contributed by atoms with van der Waals surface area (Å²) in [6.45, 7) is 5.80. The van der Waals surface area contributed by atoms with Crippen molar-refractivity contribution in [3.05, 3.63) is 12.4 Å². The predicted molar refractivity (Wildman–Crippen MR) is 67.9 cm³/mol. The maximum absolute atomic E-state index is 11.2. The maximum Gasteiger partial charge on any atom is 0.328 e. The number of rotatable bonds is 6. The van der Waals surface area contributed by atoms with Crippen molar-refractivity contribution in [3.63, 3.8) is 0 Å². The van der Waals surface area contributed by atoms with Crippen LogP contribution < -0.4 is 9.64 Å². The Morgan fingerprint density at radius 1 is 1.50 bits per heavy atom. The SMILES string of the molecule is CCCOc1cc(N(C)C(C)(C)C(=O)O)ncn1. The van der Waals surface area contributed by atoms with Crippen LogP contribution in [-0.2, 0) is 4.79 Å². The van der Waals surface area contributed by atoms with Gasteiger partial charge in [0.15, 0.2) is 0 Å². The molecule has 0 bridgehead atoms. The molecule has 0 amide bonds. The Bertz CT molecular complexity index is 421. The summed E-state index contributed by atoms with van der Waals surface area (Å²) < 4.78 is 5.39. The van der Waals surface area contributed by atoms with E-state index in [-0.39, 0.29) is 0 Å². The highest BCUT2D eigenvalue weighted by Crippen LogP contribution is 2.22.